The van der Waals surface area contributed by atoms with Crippen LogP contribution < -0.4 is 0 Å². The van der Waals surface area contributed by atoms with Gasteiger partial charge in [-0.1, -0.05) is 42.5 Å². The van der Waals surface area contributed by atoms with E-state index in [1.807, 2.05) is 30.3 Å². The number of piperazine rings is 1. The van der Waals surface area contributed by atoms with Gasteiger partial charge in [-0.25, -0.2) is 0 Å². The summed E-state index contributed by atoms with van der Waals surface area (Å²) in [6, 6.07) is 19.2. The number of hydrogen-bond donors (Lipinski definition) is 1. The average Bonchev–Trinajstić information content (AvgIpc) is 3.31. The molecule has 0 radical (unpaired) electrons. The fourth-order valence-electron chi connectivity index (χ4n) is 4.54. The van der Waals surface area contributed by atoms with Crippen molar-refractivity contribution in [3.63, 3.8) is 0 Å². The maximum absolute atomic E-state index is 11.6. The van der Waals surface area contributed by atoms with Gasteiger partial charge in [-0.3, -0.25) is 14.6 Å². The fourth-order valence-corrected chi connectivity index (χ4v) is 4.54. The molecule has 3 aromatic rings. The van der Waals surface area contributed by atoms with Crippen LogP contribution in [0.5, 0.6) is 0 Å². The third kappa shape index (κ3) is 5.13. The Hall–Kier alpha value is -2.73. The minimum absolute atomic E-state index is 0.237. The molecule has 2 atom stereocenters. The Kier molecular flexibility index (Phi) is 6.66. The van der Waals surface area contributed by atoms with Crippen molar-refractivity contribution in [1.82, 2.24) is 9.80 Å². The summed E-state index contributed by atoms with van der Waals surface area (Å²) in [5, 5.41) is 9.02. The summed E-state index contributed by atoms with van der Waals surface area (Å²) in [6.45, 7) is 7.96. The second-order valence-electron chi connectivity index (χ2n) is 8.56. The number of rotatable bonds is 7. The largest absolute Gasteiger partial charge is 0.472 e. The summed E-state index contributed by atoms with van der Waals surface area (Å²) in [4.78, 5) is 16.7. The first kappa shape index (κ1) is 21.5. The van der Waals surface area contributed by atoms with Gasteiger partial charge < -0.3 is 9.52 Å². The zero-order valence-corrected chi connectivity index (χ0v) is 18.2. The summed E-state index contributed by atoms with van der Waals surface area (Å²) < 4.78 is 5.23. The van der Waals surface area contributed by atoms with E-state index in [1.165, 1.54) is 16.7 Å². The highest BCUT2D eigenvalue weighted by Crippen LogP contribution is 2.24. The molecule has 1 aliphatic heterocycles. The van der Waals surface area contributed by atoms with E-state index >= 15 is 0 Å². The number of aliphatic hydroxyl groups excluding tert-OH is 1. The molecule has 5 heteroatoms. The molecule has 0 spiro atoms. The molecule has 0 bridgehead atoms. The predicted octanol–water partition coefficient (Wildman–Crippen LogP) is 4.22. The SMILES string of the molecule is C[C@@H]1CN(Cc2cccc(-c3ccoc3)c2)C[C@H](C)N1Cc1ccc(C(=O)CO)cc1. The van der Waals surface area contributed by atoms with E-state index in [-0.39, 0.29) is 5.78 Å². The Morgan fingerprint density at radius 1 is 0.968 bits per heavy atom. The van der Waals surface area contributed by atoms with E-state index in [1.54, 1.807) is 12.5 Å². The van der Waals surface area contributed by atoms with Crippen molar-refractivity contribution < 1.29 is 14.3 Å². The molecule has 2 heterocycles. The number of benzene rings is 2. The first-order valence-corrected chi connectivity index (χ1v) is 10.9. The second-order valence-corrected chi connectivity index (χ2v) is 8.56. The Morgan fingerprint density at radius 3 is 2.35 bits per heavy atom. The van der Waals surface area contributed by atoms with E-state index in [4.69, 9.17) is 9.52 Å². The molecule has 1 N–H and O–H groups in total. The number of Topliss-reactive ketones (excluding diaryl/α,β-unsaturated/α-hetero) is 1. The van der Waals surface area contributed by atoms with Crippen molar-refractivity contribution in [2.75, 3.05) is 19.7 Å². The lowest BCUT2D eigenvalue weighted by Crippen LogP contribution is -2.55. The van der Waals surface area contributed by atoms with Gasteiger partial charge in [0.2, 0.25) is 0 Å². The number of carbonyl (C=O) groups excluding carboxylic acids is 1. The van der Waals surface area contributed by atoms with Crippen LogP contribution in [0.15, 0.2) is 71.5 Å². The number of hydrogen-bond acceptors (Lipinski definition) is 5. The van der Waals surface area contributed by atoms with Crippen LogP contribution in [0.1, 0.15) is 35.3 Å². The molecule has 0 aliphatic carbocycles. The van der Waals surface area contributed by atoms with E-state index in [0.29, 0.717) is 17.6 Å². The van der Waals surface area contributed by atoms with Gasteiger partial charge in [0.1, 0.15) is 6.61 Å². The Balaban J connectivity index is 1.38. The quantitative estimate of drug-likeness (QED) is 0.583. The number of furan rings is 1. The van der Waals surface area contributed by atoms with Gasteiger partial charge in [-0.15, -0.1) is 0 Å². The molecule has 1 saturated heterocycles. The van der Waals surface area contributed by atoms with Gasteiger partial charge in [-0.05, 0) is 42.7 Å². The molecule has 1 aliphatic rings. The molecule has 4 rings (SSSR count). The van der Waals surface area contributed by atoms with Crippen molar-refractivity contribution >= 4 is 5.78 Å². The topological polar surface area (TPSA) is 56.9 Å². The molecular weight excluding hydrogens is 388 g/mol. The van der Waals surface area contributed by atoms with E-state index in [2.05, 4.69) is 47.9 Å². The number of ketones is 1. The summed E-state index contributed by atoms with van der Waals surface area (Å²) in [7, 11) is 0. The van der Waals surface area contributed by atoms with Crippen LogP contribution >= 0.6 is 0 Å². The van der Waals surface area contributed by atoms with Gasteiger partial charge >= 0.3 is 0 Å². The van der Waals surface area contributed by atoms with Gasteiger partial charge in [0.15, 0.2) is 5.78 Å². The van der Waals surface area contributed by atoms with Crippen LogP contribution in [0.4, 0.5) is 0 Å². The Bertz CT molecular complexity index is 986. The summed E-state index contributed by atoms with van der Waals surface area (Å²) in [5.41, 5.74) is 5.37. The van der Waals surface area contributed by atoms with E-state index < -0.39 is 6.61 Å². The smallest absolute Gasteiger partial charge is 0.188 e. The van der Waals surface area contributed by atoms with Crippen LogP contribution in [0.2, 0.25) is 0 Å². The van der Waals surface area contributed by atoms with Crippen molar-refractivity contribution in [2.45, 2.75) is 39.0 Å². The van der Waals surface area contributed by atoms with Gasteiger partial charge in [-0.2, -0.15) is 0 Å². The maximum Gasteiger partial charge on any atom is 0.188 e. The Morgan fingerprint density at radius 2 is 1.71 bits per heavy atom. The average molecular weight is 419 g/mol. The molecule has 0 unspecified atom stereocenters. The number of carbonyl (C=O) groups is 1. The first-order valence-electron chi connectivity index (χ1n) is 10.9. The number of aliphatic hydroxyl groups is 1. The summed E-state index contributed by atoms with van der Waals surface area (Å²) in [5.74, 6) is -0.237. The van der Waals surface area contributed by atoms with Crippen molar-refractivity contribution in [1.29, 1.82) is 0 Å². The molecule has 0 saturated carbocycles. The first-order chi connectivity index (χ1) is 15.0. The lowest BCUT2D eigenvalue weighted by molar-refractivity contribution is 0.0290. The minimum atomic E-state index is -0.444. The molecule has 0 amide bonds. The molecule has 1 aromatic heterocycles. The minimum Gasteiger partial charge on any atom is -0.472 e. The monoisotopic (exact) mass is 418 g/mol. The van der Waals surface area contributed by atoms with Gasteiger partial charge in [0, 0.05) is 49.4 Å². The normalized spacial score (nSPS) is 20.1. The predicted molar refractivity (Wildman–Crippen MR) is 122 cm³/mol. The molecular formula is C26H30N2O3. The van der Waals surface area contributed by atoms with Crippen LogP contribution in [0.3, 0.4) is 0 Å². The van der Waals surface area contributed by atoms with Crippen molar-refractivity contribution in [3.05, 3.63) is 83.8 Å². The number of nitrogens with zero attached hydrogens (tertiary/aromatic N) is 2. The second kappa shape index (κ2) is 9.60. The van der Waals surface area contributed by atoms with Crippen LogP contribution in [-0.4, -0.2) is 52.5 Å². The van der Waals surface area contributed by atoms with Gasteiger partial charge in [0.05, 0.1) is 12.5 Å². The standard InChI is InChI=1S/C26H30N2O3/c1-19-13-27(15-22-4-3-5-24(12-22)25-10-11-31-18-25)14-20(2)28(19)16-21-6-8-23(9-7-21)26(30)17-29/h3-12,18-20,29H,13-17H2,1-2H3/t19-,20+. The molecule has 1 fully saturated rings. The molecule has 162 valence electrons. The van der Waals surface area contributed by atoms with Crippen LogP contribution in [0.25, 0.3) is 11.1 Å². The Labute approximate surface area is 183 Å². The fraction of sp³-hybridized carbons (Fsp3) is 0.346. The third-order valence-corrected chi connectivity index (χ3v) is 6.15. The third-order valence-electron chi connectivity index (χ3n) is 6.15. The highest BCUT2D eigenvalue weighted by molar-refractivity contribution is 5.96. The molecule has 2 aromatic carbocycles. The molecule has 31 heavy (non-hydrogen) atoms. The zero-order valence-electron chi connectivity index (χ0n) is 18.2. The summed E-state index contributed by atoms with van der Waals surface area (Å²) >= 11 is 0. The lowest BCUT2D eigenvalue weighted by atomic mass is 10.0. The zero-order chi connectivity index (χ0) is 21.8. The highest BCUT2D eigenvalue weighted by atomic mass is 16.3. The van der Waals surface area contributed by atoms with Crippen LogP contribution in [-0.2, 0) is 13.1 Å². The van der Waals surface area contributed by atoms with Crippen molar-refractivity contribution in [3.8, 4) is 11.1 Å². The van der Waals surface area contributed by atoms with Crippen LogP contribution in [0, 0.1) is 0 Å². The summed E-state index contributed by atoms with van der Waals surface area (Å²) in [6.07, 6.45) is 3.50. The van der Waals surface area contributed by atoms with Gasteiger partial charge in [0.25, 0.3) is 0 Å². The highest BCUT2D eigenvalue weighted by Gasteiger charge is 2.29. The molecule has 5 nitrogen and oxygen atoms in total. The van der Waals surface area contributed by atoms with E-state index in [0.717, 1.165) is 31.7 Å². The van der Waals surface area contributed by atoms with Crippen molar-refractivity contribution in [2.24, 2.45) is 0 Å². The lowest BCUT2D eigenvalue weighted by Gasteiger charge is -2.44. The maximum atomic E-state index is 11.6. The van der Waals surface area contributed by atoms with E-state index in [9.17, 15) is 4.79 Å².